The molecule has 2 aromatic rings. The van der Waals surface area contributed by atoms with E-state index in [4.69, 9.17) is 12.2 Å². The van der Waals surface area contributed by atoms with E-state index in [9.17, 15) is 5.11 Å². The number of thiocarbonyl (C=S) groups is 1. The third-order valence-electron chi connectivity index (χ3n) is 4.34. The Morgan fingerprint density at radius 3 is 2.43 bits per heavy atom. The van der Waals surface area contributed by atoms with Gasteiger partial charge < -0.3 is 15.3 Å². The zero-order valence-corrected chi connectivity index (χ0v) is 14.3. The van der Waals surface area contributed by atoms with Gasteiger partial charge in [-0.15, -0.1) is 0 Å². The predicted molar refractivity (Wildman–Crippen MR) is 100 cm³/mol. The fourth-order valence-electron chi connectivity index (χ4n) is 3.11. The number of rotatable bonds is 2. The van der Waals surface area contributed by atoms with Gasteiger partial charge in [-0.05, 0) is 42.0 Å². The van der Waals surface area contributed by atoms with Crippen molar-refractivity contribution >= 4 is 28.6 Å². The second-order valence-corrected chi connectivity index (χ2v) is 6.71. The molecule has 0 saturated carbocycles. The van der Waals surface area contributed by atoms with Crippen molar-refractivity contribution in [1.82, 2.24) is 0 Å². The van der Waals surface area contributed by atoms with Gasteiger partial charge in [-0.25, -0.2) is 0 Å². The Bertz CT molecular complexity index is 778. The first kappa shape index (κ1) is 15.6. The minimum atomic E-state index is -0.0912. The average Bonchev–Trinajstić information content (AvgIpc) is 2.71. The highest BCUT2D eigenvalue weighted by atomic mass is 32.1. The van der Waals surface area contributed by atoms with Crippen LogP contribution < -0.4 is 10.2 Å². The molecular formula is C19H20N2OS. The summed E-state index contributed by atoms with van der Waals surface area (Å²) in [6, 6.07) is 15.3. The Labute approximate surface area is 142 Å². The Morgan fingerprint density at radius 2 is 1.78 bits per heavy atom. The minimum Gasteiger partial charge on any atom is -0.508 e. The molecule has 0 aromatic heterocycles. The van der Waals surface area contributed by atoms with Crippen LogP contribution in [0.4, 0.5) is 11.4 Å². The summed E-state index contributed by atoms with van der Waals surface area (Å²) in [7, 11) is 2.07. The quantitative estimate of drug-likeness (QED) is 0.486. The highest BCUT2D eigenvalue weighted by molar-refractivity contribution is 7.81. The smallest absolute Gasteiger partial charge is 0.115 e. The molecule has 0 bridgehead atoms. The van der Waals surface area contributed by atoms with Gasteiger partial charge in [-0.1, -0.05) is 44.3 Å². The molecule has 1 heterocycles. The molecule has 23 heavy (non-hydrogen) atoms. The number of anilines is 2. The fourth-order valence-corrected chi connectivity index (χ4v) is 3.34. The van der Waals surface area contributed by atoms with Gasteiger partial charge in [0.15, 0.2) is 0 Å². The third-order valence-corrected chi connectivity index (χ3v) is 4.56. The molecule has 0 aliphatic carbocycles. The summed E-state index contributed by atoms with van der Waals surface area (Å²) in [6.45, 7) is 4.43. The monoisotopic (exact) mass is 324 g/mol. The SMILES string of the molecule is CN1C(=CC(=S)Nc2ccc(O)cc2)C(C)(C)c2ccccc21. The maximum absolute atomic E-state index is 9.34. The van der Waals surface area contributed by atoms with Crippen LogP contribution in [0.1, 0.15) is 19.4 Å². The molecule has 118 valence electrons. The highest BCUT2D eigenvalue weighted by Crippen LogP contribution is 2.46. The first-order valence-corrected chi connectivity index (χ1v) is 7.96. The number of phenols is 1. The normalized spacial score (nSPS) is 17.2. The van der Waals surface area contributed by atoms with E-state index in [1.54, 1.807) is 24.3 Å². The van der Waals surface area contributed by atoms with Crippen LogP contribution in [-0.2, 0) is 5.41 Å². The van der Waals surface area contributed by atoms with Crippen molar-refractivity contribution in [3.8, 4) is 5.75 Å². The van der Waals surface area contributed by atoms with Gasteiger partial charge in [0.2, 0.25) is 0 Å². The van der Waals surface area contributed by atoms with Gasteiger partial charge >= 0.3 is 0 Å². The zero-order valence-electron chi connectivity index (χ0n) is 13.5. The first-order chi connectivity index (χ1) is 10.9. The van der Waals surface area contributed by atoms with E-state index in [0.717, 1.165) is 11.4 Å². The van der Waals surface area contributed by atoms with Crippen molar-refractivity contribution < 1.29 is 5.11 Å². The van der Waals surface area contributed by atoms with Crippen molar-refractivity contribution in [2.75, 3.05) is 17.3 Å². The summed E-state index contributed by atoms with van der Waals surface area (Å²) in [5.41, 5.74) is 4.46. The molecule has 1 aliphatic rings. The van der Waals surface area contributed by atoms with E-state index in [0.29, 0.717) is 4.99 Å². The molecule has 0 amide bonds. The van der Waals surface area contributed by atoms with Crippen LogP contribution >= 0.6 is 12.2 Å². The van der Waals surface area contributed by atoms with Crippen LogP contribution in [0.2, 0.25) is 0 Å². The van der Waals surface area contributed by atoms with Gasteiger partial charge in [0, 0.05) is 29.5 Å². The number of hydrogen-bond acceptors (Lipinski definition) is 3. The lowest BCUT2D eigenvalue weighted by Crippen LogP contribution is -2.24. The molecule has 2 N–H and O–H groups in total. The van der Waals surface area contributed by atoms with Gasteiger partial charge in [0.1, 0.15) is 10.7 Å². The maximum atomic E-state index is 9.34. The lowest BCUT2D eigenvalue weighted by molar-refractivity contribution is 0.475. The van der Waals surface area contributed by atoms with Crippen molar-refractivity contribution in [1.29, 1.82) is 0 Å². The second kappa shape index (κ2) is 5.70. The number of allylic oxidation sites excluding steroid dienone is 1. The summed E-state index contributed by atoms with van der Waals surface area (Å²) >= 11 is 5.50. The molecule has 1 aliphatic heterocycles. The Kier molecular flexibility index (Phi) is 3.86. The van der Waals surface area contributed by atoms with Gasteiger partial charge in [0.05, 0.1) is 0 Å². The number of fused-ring (bicyclic) bond motifs is 1. The van der Waals surface area contributed by atoms with E-state index in [2.05, 4.69) is 55.4 Å². The number of nitrogens with zero attached hydrogens (tertiary/aromatic N) is 1. The summed E-state index contributed by atoms with van der Waals surface area (Å²) in [5.74, 6) is 0.243. The van der Waals surface area contributed by atoms with Crippen molar-refractivity contribution in [3.63, 3.8) is 0 Å². The third kappa shape index (κ3) is 2.82. The molecule has 0 spiro atoms. The van der Waals surface area contributed by atoms with E-state index < -0.39 is 0 Å². The maximum Gasteiger partial charge on any atom is 0.115 e. The summed E-state index contributed by atoms with van der Waals surface area (Å²) in [5, 5.41) is 12.5. The number of para-hydroxylation sites is 1. The Balaban J connectivity index is 1.88. The molecule has 4 heteroatoms. The summed E-state index contributed by atoms with van der Waals surface area (Å²) < 4.78 is 0. The van der Waals surface area contributed by atoms with Crippen molar-refractivity contribution in [2.45, 2.75) is 19.3 Å². The van der Waals surface area contributed by atoms with Crippen LogP contribution in [0.5, 0.6) is 5.75 Å². The highest BCUT2D eigenvalue weighted by Gasteiger charge is 2.38. The lowest BCUT2D eigenvalue weighted by Gasteiger charge is -2.24. The number of aromatic hydroxyl groups is 1. The molecule has 0 saturated heterocycles. The molecule has 3 rings (SSSR count). The van der Waals surface area contributed by atoms with Gasteiger partial charge in [0.25, 0.3) is 0 Å². The Hall–Kier alpha value is -2.33. The average molecular weight is 324 g/mol. The topological polar surface area (TPSA) is 35.5 Å². The molecule has 0 unspecified atom stereocenters. The molecule has 0 fully saturated rings. The van der Waals surface area contributed by atoms with E-state index >= 15 is 0 Å². The molecule has 2 aromatic carbocycles. The van der Waals surface area contributed by atoms with Crippen LogP contribution in [0.15, 0.2) is 60.3 Å². The fraction of sp³-hybridized carbons (Fsp3) is 0.211. The second-order valence-electron chi connectivity index (χ2n) is 6.27. The Morgan fingerprint density at radius 1 is 1.13 bits per heavy atom. The van der Waals surface area contributed by atoms with E-state index in [1.165, 1.54) is 11.3 Å². The van der Waals surface area contributed by atoms with E-state index in [1.807, 2.05) is 6.08 Å². The largest absolute Gasteiger partial charge is 0.508 e. The van der Waals surface area contributed by atoms with E-state index in [-0.39, 0.29) is 11.2 Å². The van der Waals surface area contributed by atoms with Crippen LogP contribution in [0, 0.1) is 0 Å². The van der Waals surface area contributed by atoms with Crippen LogP contribution in [0.25, 0.3) is 0 Å². The first-order valence-electron chi connectivity index (χ1n) is 7.55. The molecule has 0 radical (unpaired) electrons. The summed E-state index contributed by atoms with van der Waals surface area (Å²) in [6.07, 6.45) is 2.02. The van der Waals surface area contributed by atoms with Gasteiger partial charge in [-0.3, -0.25) is 0 Å². The minimum absolute atomic E-state index is 0.0912. The van der Waals surface area contributed by atoms with Crippen molar-refractivity contribution in [3.05, 3.63) is 65.9 Å². The standard InChI is InChI=1S/C19H20N2OS/c1-19(2)15-6-4-5-7-16(15)21(3)17(19)12-18(23)20-13-8-10-14(22)11-9-13/h4-12,22H,1-3H3,(H,20,23). The molecule has 0 atom stereocenters. The van der Waals surface area contributed by atoms with Gasteiger partial charge in [-0.2, -0.15) is 0 Å². The van der Waals surface area contributed by atoms with Crippen LogP contribution in [-0.4, -0.2) is 17.1 Å². The number of nitrogens with one attached hydrogen (secondary N) is 1. The zero-order chi connectivity index (χ0) is 16.6. The van der Waals surface area contributed by atoms with Crippen molar-refractivity contribution in [2.24, 2.45) is 0 Å². The number of benzene rings is 2. The number of likely N-dealkylation sites (N-methyl/N-ethyl adjacent to an activating group) is 1. The molecular weight excluding hydrogens is 304 g/mol. The molecule has 3 nitrogen and oxygen atoms in total. The van der Waals surface area contributed by atoms with Crippen LogP contribution in [0.3, 0.4) is 0 Å². The number of phenolic OH excluding ortho intramolecular Hbond substituents is 1. The summed E-state index contributed by atoms with van der Waals surface area (Å²) in [4.78, 5) is 2.85. The number of hydrogen-bond donors (Lipinski definition) is 2. The predicted octanol–water partition coefficient (Wildman–Crippen LogP) is 4.44. The lowest BCUT2D eigenvalue weighted by atomic mass is 9.84.